The van der Waals surface area contributed by atoms with Crippen molar-refractivity contribution in [1.82, 2.24) is 4.68 Å². The zero-order valence-corrected chi connectivity index (χ0v) is 10.5. The number of carbonyl (C=O) groups is 1. The fraction of sp³-hybridized carbons (Fsp3) is 0. The molecule has 0 bridgehead atoms. The Morgan fingerprint density at radius 1 is 1.31 bits per heavy atom. The molecule has 0 fully saturated rings. The summed E-state index contributed by atoms with van der Waals surface area (Å²) in [4.78, 5) is 11.8. The van der Waals surface area contributed by atoms with E-state index in [1.165, 1.54) is 0 Å². The van der Waals surface area contributed by atoms with Gasteiger partial charge in [-0.25, -0.2) is 0 Å². The zero-order valence-electron chi connectivity index (χ0n) is 8.15. The number of benzene rings is 1. The van der Waals surface area contributed by atoms with E-state index in [1.54, 1.807) is 35.3 Å². The van der Waals surface area contributed by atoms with Crippen LogP contribution in [0.15, 0.2) is 47.2 Å². The van der Waals surface area contributed by atoms with Gasteiger partial charge >= 0.3 is 0 Å². The van der Waals surface area contributed by atoms with Crippen LogP contribution in [0.3, 0.4) is 0 Å². The van der Waals surface area contributed by atoms with Crippen molar-refractivity contribution in [3.8, 4) is 0 Å². The maximum Gasteiger partial charge on any atom is 0.270 e. The van der Waals surface area contributed by atoms with Crippen molar-refractivity contribution in [1.29, 1.82) is 0 Å². The Morgan fingerprint density at radius 3 is 2.62 bits per heavy atom. The van der Waals surface area contributed by atoms with Crippen LogP contribution in [0.1, 0.15) is 10.4 Å². The Labute approximate surface area is 106 Å². The van der Waals surface area contributed by atoms with Gasteiger partial charge < -0.3 is 0 Å². The third-order valence-electron chi connectivity index (χ3n) is 2.02. The molecular formula is C11H8BrClN2O. The lowest BCUT2D eigenvalue weighted by Crippen LogP contribution is -2.21. The average Bonchev–Trinajstić information content (AvgIpc) is 2.74. The first kappa shape index (κ1) is 11.2. The predicted octanol–water partition coefficient (Wildman–Crippen LogP) is 3.29. The molecule has 0 aliphatic carbocycles. The van der Waals surface area contributed by atoms with E-state index >= 15 is 0 Å². The second-order valence-electron chi connectivity index (χ2n) is 3.16. The summed E-state index contributed by atoms with van der Waals surface area (Å²) in [5, 5.41) is 0.514. The third-order valence-corrected chi connectivity index (χ3v) is 3.25. The van der Waals surface area contributed by atoms with Crippen molar-refractivity contribution in [2.75, 3.05) is 5.43 Å². The Bertz CT molecular complexity index is 511. The molecule has 1 aromatic heterocycles. The van der Waals surface area contributed by atoms with E-state index in [-0.39, 0.29) is 5.91 Å². The smallest absolute Gasteiger partial charge is 0.268 e. The molecule has 0 unspecified atom stereocenters. The number of carbonyl (C=O) groups excluding carboxylic acids is 1. The molecule has 0 radical (unpaired) electrons. The highest BCUT2D eigenvalue weighted by Crippen LogP contribution is 2.23. The molecule has 0 saturated carbocycles. The van der Waals surface area contributed by atoms with Crippen molar-refractivity contribution in [2.45, 2.75) is 0 Å². The minimum atomic E-state index is -0.203. The first-order valence-electron chi connectivity index (χ1n) is 4.56. The minimum absolute atomic E-state index is 0.203. The van der Waals surface area contributed by atoms with Gasteiger partial charge in [0.05, 0.1) is 5.02 Å². The van der Waals surface area contributed by atoms with Gasteiger partial charge in [0.25, 0.3) is 5.91 Å². The third kappa shape index (κ3) is 2.46. The van der Waals surface area contributed by atoms with Gasteiger partial charge in [-0.15, -0.1) is 0 Å². The van der Waals surface area contributed by atoms with Gasteiger partial charge in [0, 0.05) is 22.4 Å². The molecule has 0 saturated heterocycles. The molecule has 2 rings (SSSR count). The van der Waals surface area contributed by atoms with Crippen LogP contribution in [0.4, 0.5) is 0 Å². The first-order chi connectivity index (χ1) is 7.66. The van der Waals surface area contributed by atoms with Gasteiger partial charge in [-0.05, 0) is 46.3 Å². The highest BCUT2D eigenvalue weighted by atomic mass is 79.9. The summed E-state index contributed by atoms with van der Waals surface area (Å²) < 4.78 is 2.35. The standard InChI is InChI=1S/C11H8BrClN2O/c12-9-4-3-8(7-10(9)13)11(16)14-15-5-1-2-6-15/h1-7H,(H,14,16). The van der Waals surface area contributed by atoms with Crippen molar-refractivity contribution in [3.05, 3.63) is 57.8 Å². The molecule has 0 spiro atoms. The highest BCUT2D eigenvalue weighted by molar-refractivity contribution is 9.10. The fourth-order valence-electron chi connectivity index (χ4n) is 1.23. The molecule has 3 nitrogen and oxygen atoms in total. The molecule has 1 amide bonds. The topological polar surface area (TPSA) is 34.0 Å². The van der Waals surface area contributed by atoms with Crippen LogP contribution in [0.2, 0.25) is 5.02 Å². The molecule has 0 aliphatic heterocycles. The number of hydrogen-bond acceptors (Lipinski definition) is 1. The molecule has 1 aromatic carbocycles. The minimum Gasteiger partial charge on any atom is -0.268 e. The summed E-state index contributed by atoms with van der Waals surface area (Å²) in [7, 11) is 0. The lowest BCUT2D eigenvalue weighted by molar-refractivity contribution is 0.101. The number of halogens is 2. The van der Waals surface area contributed by atoms with Crippen LogP contribution < -0.4 is 5.43 Å². The Morgan fingerprint density at radius 2 is 2.00 bits per heavy atom. The summed E-state index contributed by atoms with van der Waals surface area (Å²) in [5.41, 5.74) is 3.20. The molecule has 16 heavy (non-hydrogen) atoms. The highest BCUT2D eigenvalue weighted by Gasteiger charge is 2.07. The summed E-state index contributed by atoms with van der Waals surface area (Å²) in [6, 6.07) is 8.72. The van der Waals surface area contributed by atoms with Gasteiger partial charge in [-0.1, -0.05) is 11.6 Å². The van der Waals surface area contributed by atoms with Crippen LogP contribution in [-0.4, -0.2) is 10.6 Å². The Balaban J connectivity index is 2.18. The number of nitrogens with one attached hydrogen (secondary N) is 1. The van der Waals surface area contributed by atoms with Gasteiger partial charge in [0.15, 0.2) is 0 Å². The first-order valence-corrected chi connectivity index (χ1v) is 5.73. The van der Waals surface area contributed by atoms with E-state index in [0.717, 1.165) is 4.47 Å². The number of amides is 1. The van der Waals surface area contributed by atoms with Crippen molar-refractivity contribution < 1.29 is 4.79 Å². The summed E-state index contributed by atoms with van der Waals surface area (Å²) >= 11 is 9.18. The number of nitrogens with zero attached hydrogens (tertiary/aromatic N) is 1. The van der Waals surface area contributed by atoms with E-state index in [2.05, 4.69) is 21.4 Å². The summed E-state index contributed by atoms with van der Waals surface area (Å²) in [5.74, 6) is -0.203. The maximum absolute atomic E-state index is 11.8. The number of aromatic nitrogens is 1. The van der Waals surface area contributed by atoms with Crippen LogP contribution in [0.5, 0.6) is 0 Å². The van der Waals surface area contributed by atoms with Gasteiger partial charge in [-0.3, -0.25) is 14.9 Å². The second-order valence-corrected chi connectivity index (χ2v) is 4.42. The Kier molecular flexibility index (Phi) is 3.31. The van der Waals surface area contributed by atoms with Crippen molar-refractivity contribution in [2.24, 2.45) is 0 Å². The van der Waals surface area contributed by atoms with E-state index in [4.69, 9.17) is 11.6 Å². The van der Waals surface area contributed by atoms with Gasteiger partial charge in [-0.2, -0.15) is 0 Å². The van der Waals surface area contributed by atoms with Crippen LogP contribution in [-0.2, 0) is 0 Å². The van der Waals surface area contributed by atoms with E-state index < -0.39 is 0 Å². The zero-order chi connectivity index (χ0) is 11.5. The van der Waals surface area contributed by atoms with Gasteiger partial charge in [0.1, 0.15) is 0 Å². The van der Waals surface area contributed by atoms with Crippen molar-refractivity contribution in [3.63, 3.8) is 0 Å². The van der Waals surface area contributed by atoms with Crippen LogP contribution in [0.25, 0.3) is 0 Å². The maximum atomic E-state index is 11.8. The molecular weight excluding hydrogens is 291 g/mol. The lowest BCUT2D eigenvalue weighted by atomic mass is 10.2. The predicted molar refractivity (Wildman–Crippen MR) is 67.3 cm³/mol. The van der Waals surface area contributed by atoms with Crippen LogP contribution >= 0.6 is 27.5 Å². The van der Waals surface area contributed by atoms with Crippen LogP contribution in [0, 0.1) is 0 Å². The van der Waals surface area contributed by atoms with Crippen molar-refractivity contribution >= 4 is 33.4 Å². The number of hydrogen-bond donors (Lipinski definition) is 1. The fourth-order valence-corrected chi connectivity index (χ4v) is 1.66. The molecule has 0 aliphatic rings. The monoisotopic (exact) mass is 298 g/mol. The molecule has 0 atom stereocenters. The molecule has 82 valence electrons. The molecule has 1 N–H and O–H groups in total. The van der Waals surface area contributed by atoms with E-state index in [9.17, 15) is 4.79 Å². The Hall–Kier alpha value is -1.26. The summed E-state index contributed by atoms with van der Waals surface area (Å²) in [6.45, 7) is 0. The van der Waals surface area contributed by atoms with E-state index in [1.807, 2.05) is 12.1 Å². The second kappa shape index (κ2) is 4.72. The largest absolute Gasteiger partial charge is 0.270 e. The van der Waals surface area contributed by atoms with Gasteiger partial charge in [0.2, 0.25) is 0 Å². The molecule has 2 aromatic rings. The quantitative estimate of drug-likeness (QED) is 0.907. The van der Waals surface area contributed by atoms with E-state index in [0.29, 0.717) is 10.6 Å². The molecule has 5 heteroatoms. The molecule has 1 heterocycles. The number of rotatable bonds is 2. The summed E-state index contributed by atoms with van der Waals surface area (Å²) in [6.07, 6.45) is 3.50. The SMILES string of the molecule is O=C(Nn1cccc1)c1ccc(Br)c(Cl)c1. The lowest BCUT2D eigenvalue weighted by Gasteiger charge is -2.06. The normalized spacial score (nSPS) is 10.1. The average molecular weight is 300 g/mol.